The Bertz CT molecular complexity index is 606. The quantitative estimate of drug-likeness (QED) is 0.524. The number of halogens is 1. The molecule has 0 radical (unpaired) electrons. The van der Waals surface area contributed by atoms with Gasteiger partial charge in [0.25, 0.3) is 0 Å². The van der Waals surface area contributed by atoms with Crippen LogP contribution in [0.15, 0.2) is 24.4 Å². The summed E-state index contributed by atoms with van der Waals surface area (Å²) in [5.74, 6) is 0.716. The molecule has 126 valence electrons. The number of alkyl halides is 1. The van der Waals surface area contributed by atoms with Crippen LogP contribution in [0.25, 0.3) is 10.9 Å². The van der Waals surface area contributed by atoms with E-state index in [1.807, 2.05) is 52.9 Å². The van der Waals surface area contributed by atoms with Crippen LogP contribution in [0.3, 0.4) is 0 Å². The minimum atomic E-state index is 0.716. The number of aromatic nitrogens is 1. The molecule has 0 unspecified atom stereocenters. The molecular formula is C19H28ClN3. The standard InChI is InChI=1S/C14H15ClN2.2C2H6.CHN/c1-17-10-12(4-2-3-7-15)13-8-11(9-16)5-6-14(13)17;3*1-2/h5-6,8,10H,2-4,7H2,1H3;2*1-2H3;1H. The fourth-order valence-corrected chi connectivity index (χ4v) is 2.34. The predicted molar refractivity (Wildman–Crippen MR) is 101 cm³/mol. The summed E-state index contributed by atoms with van der Waals surface area (Å²) in [6, 6.07) is 8.05. The summed E-state index contributed by atoms with van der Waals surface area (Å²) in [5.41, 5.74) is 3.22. The van der Waals surface area contributed by atoms with E-state index in [0.29, 0.717) is 5.88 Å². The average Bonchev–Trinajstić information content (AvgIpc) is 2.96. The van der Waals surface area contributed by atoms with Gasteiger partial charge in [-0.15, -0.1) is 11.6 Å². The third-order valence-corrected chi connectivity index (χ3v) is 3.30. The Morgan fingerprint density at radius 1 is 1.13 bits per heavy atom. The van der Waals surface area contributed by atoms with Crippen LogP contribution in [-0.4, -0.2) is 10.4 Å². The maximum absolute atomic E-state index is 8.93. The van der Waals surface area contributed by atoms with Gasteiger partial charge in [-0.05, 0) is 43.0 Å². The molecule has 0 saturated carbocycles. The highest BCUT2D eigenvalue weighted by Gasteiger charge is 2.07. The Morgan fingerprint density at radius 3 is 2.26 bits per heavy atom. The first-order valence-electron chi connectivity index (χ1n) is 8.06. The molecule has 0 fully saturated rings. The van der Waals surface area contributed by atoms with Crippen LogP contribution in [0.5, 0.6) is 0 Å². The molecule has 0 aliphatic heterocycles. The van der Waals surface area contributed by atoms with E-state index >= 15 is 0 Å². The van der Waals surface area contributed by atoms with Crippen LogP contribution in [-0.2, 0) is 13.5 Å². The second-order valence-corrected chi connectivity index (χ2v) is 4.63. The van der Waals surface area contributed by atoms with Crippen molar-refractivity contribution in [3.8, 4) is 12.6 Å². The average molecular weight is 334 g/mol. The second-order valence-electron chi connectivity index (χ2n) is 4.26. The molecule has 2 rings (SSSR count). The highest BCUT2D eigenvalue weighted by Crippen LogP contribution is 2.23. The summed E-state index contributed by atoms with van der Waals surface area (Å²) < 4.78 is 2.12. The van der Waals surface area contributed by atoms with Gasteiger partial charge >= 0.3 is 0 Å². The molecule has 1 aromatic heterocycles. The molecule has 3 nitrogen and oxygen atoms in total. The zero-order chi connectivity index (χ0) is 18.3. The number of benzene rings is 1. The van der Waals surface area contributed by atoms with Crippen molar-refractivity contribution >= 4 is 22.5 Å². The third kappa shape index (κ3) is 7.22. The molecule has 0 amide bonds. The molecule has 23 heavy (non-hydrogen) atoms. The minimum absolute atomic E-state index is 0.716. The van der Waals surface area contributed by atoms with E-state index < -0.39 is 0 Å². The Kier molecular flexibility index (Phi) is 15.1. The summed E-state index contributed by atoms with van der Waals surface area (Å²) in [6.45, 7) is 11.5. The number of nitrogens with zero attached hydrogens (tertiary/aromatic N) is 3. The Balaban J connectivity index is 0. The van der Waals surface area contributed by atoms with Crippen molar-refractivity contribution < 1.29 is 0 Å². The molecule has 2 aromatic rings. The summed E-state index contributed by atoms with van der Waals surface area (Å²) >= 11 is 5.69. The lowest BCUT2D eigenvalue weighted by molar-refractivity contribution is 0.799. The maximum Gasteiger partial charge on any atom is 0.0991 e. The topological polar surface area (TPSA) is 52.5 Å². The van der Waals surface area contributed by atoms with Gasteiger partial charge in [-0.2, -0.15) is 5.26 Å². The largest absolute Gasteiger partial charge is 0.350 e. The van der Waals surface area contributed by atoms with Gasteiger partial charge in [0.1, 0.15) is 0 Å². The van der Waals surface area contributed by atoms with Crippen molar-refractivity contribution in [2.75, 3.05) is 5.88 Å². The highest BCUT2D eigenvalue weighted by molar-refractivity contribution is 6.17. The van der Waals surface area contributed by atoms with Crippen molar-refractivity contribution in [1.82, 2.24) is 4.57 Å². The summed E-state index contributed by atoms with van der Waals surface area (Å²) in [5, 5.41) is 16.6. The van der Waals surface area contributed by atoms with Crippen LogP contribution < -0.4 is 0 Å². The molecule has 0 aliphatic carbocycles. The van der Waals surface area contributed by atoms with Crippen molar-refractivity contribution in [1.29, 1.82) is 10.5 Å². The van der Waals surface area contributed by atoms with Gasteiger partial charge in [0.15, 0.2) is 0 Å². The van der Waals surface area contributed by atoms with E-state index in [2.05, 4.69) is 23.4 Å². The van der Waals surface area contributed by atoms with Crippen LogP contribution in [0.4, 0.5) is 0 Å². The lowest BCUT2D eigenvalue weighted by Gasteiger charge is -1.98. The molecular weight excluding hydrogens is 306 g/mol. The SMILES string of the molecule is C#N.CC.CC.Cn1cc(CCCCCl)c2cc(C#N)ccc21. The van der Waals surface area contributed by atoms with Crippen molar-refractivity contribution in [3.05, 3.63) is 35.5 Å². The summed E-state index contributed by atoms with van der Waals surface area (Å²) in [7, 11) is 2.04. The van der Waals surface area contributed by atoms with E-state index in [9.17, 15) is 0 Å². The van der Waals surface area contributed by atoms with Crippen molar-refractivity contribution in [2.24, 2.45) is 7.05 Å². The van der Waals surface area contributed by atoms with E-state index in [1.165, 1.54) is 16.5 Å². The lowest BCUT2D eigenvalue weighted by atomic mass is 10.1. The zero-order valence-corrected chi connectivity index (χ0v) is 15.7. The van der Waals surface area contributed by atoms with Crippen LogP contribution in [0, 0.1) is 23.2 Å². The van der Waals surface area contributed by atoms with Crippen LogP contribution in [0.2, 0.25) is 0 Å². The van der Waals surface area contributed by atoms with E-state index in [-0.39, 0.29) is 0 Å². The molecule has 0 atom stereocenters. The number of fused-ring (bicyclic) bond motifs is 1. The highest BCUT2D eigenvalue weighted by atomic mass is 35.5. The molecule has 0 bridgehead atoms. The number of hydrogen-bond donors (Lipinski definition) is 0. The number of nitriles is 2. The molecule has 1 heterocycles. The summed E-state index contributed by atoms with van der Waals surface area (Å²) in [4.78, 5) is 0. The number of hydrogen-bond acceptors (Lipinski definition) is 2. The normalized spacial score (nSPS) is 8.48. The van der Waals surface area contributed by atoms with Gasteiger partial charge in [0.05, 0.1) is 11.6 Å². The molecule has 0 saturated heterocycles. The molecule has 1 aromatic carbocycles. The van der Waals surface area contributed by atoms with Crippen molar-refractivity contribution in [2.45, 2.75) is 47.0 Å². The number of rotatable bonds is 4. The fraction of sp³-hybridized carbons (Fsp3) is 0.474. The minimum Gasteiger partial charge on any atom is -0.350 e. The number of aryl methyl sites for hydroxylation is 2. The van der Waals surface area contributed by atoms with E-state index in [1.54, 1.807) is 0 Å². The van der Waals surface area contributed by atoms with Gasteiger partial charge in [-0.25, -0.2) is 5.26 Å². The predicted octanol–water partition coefficient (Wildman–Crippen LogP) is 5.80. The molecule has 0 aliphatic rings. The molecule has 4 heteroatoms. The Hall–Kier alpha value is -1.97. The van der Waals surface area contributed by atoms with E-state index in [0.717, 1.165) is 24.8 Å². The third-order valence-electron chi connectivity index (χ3n) is 3.03. The first-order chi connectivity index (χ1) is 11.3. The second kappa shape index (κ2) is 14.9. The molecule has 0 spiro atoms. The summed E-state index contributed by atoms with van der Waals surface area (Å²) in [6.07, 6.45) is 5.31. The van der Waals surface area contributed by atoms with Gasteiger partial charge in [-0.1, -0.05) is 27.7 Å². The van der Waals surface area contributed by atoms with Crippen LogP contribution >= 0.6 is 11.6 Å². The van der Waals surface area contributed by atoms with Gasteiger partial charge in [-0.3, -0.25) is 0 Å². The first kappa shape index (κ1) is 23.3. The van der Waals surface area contributed by atoms with Crippen molar-refractivity contribution in [3.63, 3.8) is 0 Å². The Labute approximate surface area is 146 Å². The smallest absolute Gasteiger partial charge is 0.0991 e. The molecule has 0 N–H and O–H groups in total. The lowest BCUT2D eigenvalue weighted by Crippen LogP contribution is -1.85. The Morgan fingerprint density at radius 2 is 1.74 bits per heavy atom. The fourth-order valence-electron chi connectivity index (χ4n) is 2.15. The monoisotopic (exact) mass is 333 g/mol. The van der Waals surface area contributed by atoms with Gasteiger partial charge in [0, 0.05) is 36.6 Å². The van der Waals surface area contributed by atoms with Crippen LogP contribution in [0.1, 0.15) is 51.7 Å². The van der Waals surface area contributed by atoms with Gasteiger partial charge in [0.2, 0.25) is 0 Å². The number of unbranched alkanes of at least 4 members (excludes halogenated alkanes) is 1. The maximum atomic E-state index is 8.93. The van der Waals surface area contributed by atoms with Gasteiger partial charge < -0.3 is 4.57 Å². The van der Waals surface area contributed by atoms with E-state index in [4.69, 9.17) is 22.1 Å². The first-order valence-corrected chi connectivity index (χ1v) is 8.59. The zero-order valence-electron chi connectivity index (χ0n) is 14.9.